The molecule has 0 aromatic carbocycles. The van der Waals surface area contributed by atoms with E-state index in [9.17, 15) is 35.1 Å². The quantitative estimate of drug-likeness (QED) is 0.0196. The second kappa shape index (κ2) is 47.7. The Morgan fingerprint density at radius 2 is 1.04 bits per heavy atom. The Kier molecular flexibility index (Phi) is 44.5. The highest BCUT2D eigenvalue weighted by molar-refractivity contribution is 5.76. The summed E-state index contributed by atoms with van der Waals surface area (Å²) < 4.78 is 16.6. The fraction of sp³-hybridized carbons (Fsp3) is 0.793. The molecule has 1 fully saturated rings. The predicted octanol–water partition coefficient (Wildman–Crippen LogP) is 12.3. The first-order chi connectivity index (χ1) is 33.7. The van der Waals surface area contributed by atoms with Crippen molar-refractivity contribution < 1.29 is 49.3 Å². The highest BCUT2D eigenvalue weighted by Crippen LogP contribution is 2.23. The van der Waals surface area contributed by atoms with Crippen LogP contribution in [0.1, 0.15) is 232 Å². The molecule has 7 atom stereocenters. The molecule has 7 unspecified atom stereocenters. The Balaban J connectivity index is 2.06. The molecule has 0 aliphatic carbocycles. The molecule has 6 N–H and O–H groups in total. The van der Waals surface area contributed by atoms with E-state index in [1.165, 1.54) is 122 Å². The van der Waals surface area contributed by atoms with Gasteiger partial charge in [0.15, 0.2) is 6.29 Å². The van der Waals surface area contributed by atoms with Gasteiger partial charge in [0.1, 0.15) is 24.4 Å². The number of ether oxygens (including phenoxy) is 3. The third kappa shape index (κ3) is 37.8. The van der Waals surface area contributed by atoms with E-state index in [0.717, 1.165) is 77.0 Å². The van der Waals surface area contributed by atoms with Crippen molar-refractivity contribution in [3.05, 3.63) is 60.8 Å². The zero-order valence-electron chi connectivity index (χ0n) is 43.8. The van der Waals surface area contributed by atoms with Gasteiger partial charge in [-0.05, 0) is 84.0 Å². The number of amides is 1. The molecule has 0 aromatic rings. The SMILES string of the molecule is C/C=C/CC/C=C/CC/C=C/C(O)C(COC1OC(CO)C(O)C(O)C1O)NC(=O)CCCCCCCCCCCCCCCCOC(=O)CCCCCCCCC/C=C\C/C=C\CCCCCC. The van der Waals surface area contributed by atoms with Gasteiger partial charge in [-0.25, -0.2) is 0 Å². The van der Waals surface area contributed by atoms with Gasteiger partial charge in [0.25, 0.3) is 0 Å². The lowest BCUT2D eigenvalue weighted by atomic mass is 9.99. The molecule has 1 aliphatic rings. The largest absolute Gasteiger partial charge is 0.466 e. The van der Waals surface area contributed by atoms with Crippen molar-refractivity contribution in [3.63, 3.8) is 0 Å². The van der Waals surface area contributed by atoms with Crippen LogP contribution in [0.5, 0.6) is 0 Å². The van der Waals surface area contributed by atoms with Crippen LogP contribution in [-0.4, -0.2) is 100 Å². The fourth-order valence-corrected chi connectivity index (χ4v) is 8.44. The smallest absolute Gasteiger partial charge is 0.305 e. The van der Waals surface area contributed by atoms with E-state index >= 15 is 0 Å². The number of allylic oxidation sites excluding steroid dienone is 9. The standard InChI is InChI=1S/C58H103NO10/c1-3-5-7-9-11-13-14-15-16-17-18-19-23-26-30-34-38-42-46-54(63)67-47-43-39-35-31-27-24-21-20-22-25-29-33-37-41-45-53(62)59-50(51(61)44-40-36-32-28-12-10-8-6-4-2)49-68-58-57(66)56(65)55(64)52(48-60)69-58/h4,6,12-14,16-17,28,40,44,50-52,55-58,60-61,64-66H,3,5,7-11,15,18-27,29-39,41-43,45-49H2,1-2H3,(H,59,62)/b6-4+,14-13-,17-16-,28-12+,44-40+. The average molecular weight is 974 g/mol. The number of aliphatic hydroxyl groups excluding tert-OH is 5. The first kappa shape index (κ1) is 64.4. The summed E-state index contributed by atoms with van der Waals surface area (Å²) in [5.41, 5.74) is 0. The first-order valence-corrected chi connectivity index (χ1v) is 28.0. The Morgan fingerprint density at radius 1 is 0.565 bits per heavy atom. The molecule has 1 amide bonds. The van der Waals surface area contributed by atoms with Gasteiger partial charge in [0, 0.05) is 12.8 Å². The van der Waals surface area contributed by atoms with Gasteiger partial charge in [-0.1, -0.05) is 196 Å². The predicted molar refractivity (Wildman–Crippen MR) is 283 cm³/mol. The van der Waals surface area contributed by atoms with E-state index in [1.54, 1.807) is 6.08 Å². The van der Waals surface area contributed by atoms with Gasteiger partial charge in [-0.15, -0.1) is 0 Å². The maximum Gasteiger partial charge on any atom is 0.305 e. The third-order valence-electron chi connectivity index (χ3n) is 12.9. The van der Waals surface area contributed by atoms with E-state index < -0.39 is 49.5 Å². The lowest BCUT2D eigenvalue weighted by Gasteiger charge is -2.40. The summed E-state index contributed by atoms with van der Waals surface area (Å²) in [6.07, 6.45) is 50.5. The van der Waals surface area contributed by atoms with Crippen LogP contribution in [0.4, 0.5) is 0 Å². The minimum absolute atomic E-state index is 0.0330. The number of carbonyl (C=O) groups is 2. The number of rotatable bonds is 47. The molecule has 69 heavy (non-hydrogen) atoms. The minimum Gasteiger partial charge on any atom is -0.466 e. The van der Waals surface area contributed by atoms with E-state index in [2.05, 4.69) is 54.8 Å². The fourth-order valence-electron chi connectivity index (χ4n) is 8.44. The van der Waals surface area contributed by atoms with Gasteiger partial charge in [-0.2, -0.15) is 0 Å². The van der Waals surface area contributed by atoms with Gasteiger partial charge in [0.2, 0.25) is 5.91 Å². The summed E-state index contributed by atoms with van der Waals surface area (Å²) in [6.45, 7) is 4.02. The lowest BCUT2D eigenvalue weighted by Crippen LogP contribution is -2.60. The molecule has 1 heterocycles. The van der Waals surface area contributed by atoms with E-state index in [4.69, 9.17) is 14.2 Å². The number of unbranched alkanes of at least 4 members (excludes halogenated alkanes) is 26. The first-order valence-electron chi connectivity index (χ1n) is 28.0. The molecule has 11 heteroatoms. The maximum atomic E-state index is 13.0. The molecule has 1 rings (SSSR count). The maximum absolute atomic E-state index is 13.0. The Hall–Kier alpha value is -2.64. The van der Waals surface area contributed by atoms with Gasteiger partial charge < -0.3 is 45.1 Å². The molecule has 0 saturated carbocycles. The van der Waals surface area contributed by atoms with Crippen LogP contribution in [0.25, 0.3) is 0 Å². The van der Waals surface area contributed by atoms with Crippen molar-refractivity contribution in [2.75, 3.05) is 19.8 Å². The second-order valence-corrected chi connectivity index (χ2v) is 19.3. The van der Waals surface area contributed by atoms with Crippen molar-refractivity contribution in [1.82, 2.24) is 5.32 Å². The van der Waals surface area contributed by atoms with Gasteiger partial charge in [0.05, 0.1) is 32.0 Å². The molecule has 11 nitrogen and oxygen atoms in total. The number of carbonyl (C=O) groups excluding carboxylic acids is 2. The lowest BCUT2D eigenvalue weighted by molar-refractivity contribution is -0.302. The molecule has 400 valence electrons. The molecule has 0 radical (unpaired) electrons. The third-order valence-corrected chi connectivity index (χ3v) is 12.9. The van der Waals surface area contributed by atoms with E-state index in [0.29, 0.717) is 25.9 Å². The summed E-state index contributed by atoms with van der Waals surface area (Å²) in [5, 5.41) is 54.1. The van der Waals surface area contributed by atoms with Crippen molar-refractivity contribution in [3.8, 4) is 0 Å². The molecule has 0 spiro atoms. The summed E-state index contributed by atoms with van der Waals surface area (Å²) in [4.78, 5) is 25.1. The van der Waals surface area contributed by atoms with Crippen LogP contribution < -0.4 is 5.32 Å². The number of hydrogen-bond acceptors (Lipinski definition) is 10. The molecule has 0 aromatic heterocycles. The van der Waals surface area contributed by atoms with Crippen molar-refractivity contribution >= 4 is 11.9 Å². The van der Waals surface area contributed by atoms with Crippen LogP contribution in [0.2, 0.25) is 0 Å². The van der Waals surface area contributed by atoms with Crippen LogP contribution in [0, 0.1) is 0 Å². The monoisotopic (exact) mass is 974 g/mol. The van der Waals surface area contributed by atoms with Crippen molar-refractivity contribution in [1.29, 1.82) is 0 Å². The second-order valence-electron chi connectivity index (χ2n) is 19.3. The number of esters is 1. The molecule has 0 bridgehead atoms. The summed E-state index contributed by atoms with van der Waals surface area (Å²) in [7, 11) is 0. The van der Waals surface area contributed by atoms with Crippen LogP contribution in [-0.2, 0) is 23.8 Å². The number of nitrogens with one attached hydrogen (secondary N) is 1. The normalized spacial score (nSPS) is 19.8. The summed E-state index contributed by atoms with van der Waals surface area (Å²) in [5.74, 6) is -0.245. The molecule has 1 aliphatic heterocycles. The van der Waals surface area contributed by atoms with Gasteiger partial charge >= 0.3 is 5.97 Å². The molecular weight excluding hydrogens is 871 g/mol. The molecule has 1 saturated heterocycles. The van der Waals surface area contributed by atoms with Crippen LogP contribution in [0.3, 0.4) is 0 Å². The van der Waals surface area contributed by atoms with Gasteiger partial charge in [-0.3, -0.25) is 9.59 Å². The topological polar surface area (TPSA) is 175 Å². The highest BCUT2D eigenvalue weighted by Gasteiger charge is 2.44. The molecular formula is C58H103NO10. The Labute approximate surface area is 420 Å². The minimum atomic E-state index is -1.58. The Bertz CT molecular complexity index is 1330. The zero-order chi connectivity index (χ0) is 50.3. The van der Waals surface area contributed by atoms with Crippen molar-refractivity contribution in [2.45, 2.75) is 275 Å². The highest BCUT2D eigenvalue weighted by atomic mass is 16.7. The Morgan fingerprint density at radius 3 is 1.59 bits per heavy atom. The average Bonchev–Trinajstić information content (AvgIpc) is 3.34. The van der Waals surface area contributed by atoms with Crippen LogP contribution >= 0.6 is 0 Å². The summed E-state index contributed by atoms with van der Waals surface area (Å²) >= 11 is 0. The van der Waals surface area contributed by atoms with Crippen molar-refractivity contribution in [2.24, 2.45) is 0 Å². The number of hydrogen-bond donors (Lipinski definition) is 6. The van der Waals surface area contributed by atoms with E-state index in [-0.39, 0.29) is 18.5 Å². The number of aliphatic hydroxyl groups is 5. The summed E-state index contributed by atoms with van der Waals surface area (Å²) in [6, 6.07) is -0.843. The van der Waals surface area contributed by atoms with E-state index in [1.807, 2.05) is 19.1 Å². The van der Waals surface area contributed by atoms with Crippen LogP contribution in [0.15, 0.2) is 60.8 Å². The zero-order valence-corrected chi connectivity index (χ0v) is 43.8.